The van der Waals surface area contributed by atoms with Crippen LogP contribution in [0, 0.1) is 23.7 Å². The number of benzene rings is 1. The summed E-state index contributed by atoms with van der Waals surface area (Å²) < 4.78 is 15.6. The van der Waals surface area contributed by atoms with Gasteiger partial charge in [0.25, 0.3) is 5.91 Å². The quantitative estimate of drug-likeness (QED) is 0.811. The van der Waals surface area contributed by atoms with Crippen molar-refractivity contribution in [3.8, 4) is 5.75 Å². The molecule has 1 heterocycles. The third kappa shape index (κ3) is 2.73. The highest BCUT2D eigenvalue weighted by Crippen LogP contribution is 2.57. The molecular formula is C18H19NO6. The van der Waals surface area contributed by atoms with Crippen LogP contribution in [0.5, 0.6) is 5.75 Å². The molecular weight excluding hydrogens is 326 g/mol. The fraction of sp³-hybridized carbons (Fsp3) is 0.500. The summed E-state index contributed by atoms with van der Waals surface area (Å²) in [6.07, 6.45) is 1.53. The van der Waals surface area contributed by atoms with Crippen molar-refractivity contribution in [1.29, 1.82) is 0 Å². The zero-order chi connectivity index (χ0) is 17.6. The molecule has 3 fully saturated rings. The first kappa shape index (κ1) is 15.9. The van der Waals surface area contributed by atoms with Gasteiger partial charge in [0.05, 0.1) is 18.9 Å². The lowest BCUT2D eigenvalue weighted by molar-refractivity contribution is -0.157. The molecule has 2 bridgehead atoms. The minimum Gasteiger partial charge on any atom is -0.497 e. The average molecular weight is 345 g/mol. The van der Waals surface area contributed by atoms with E-state index in [0.717, 1.165) is 12.8 Å². The van der Waals surface area contributed by atoms with Gasteiger partial charge in [0.2, 0.25) is 0 Å². The van der Waals surface area contributed by atoms with E-state index in [1.54, 1.807) is 24.3 Å². The van der Waals surface area contributed by atoms with E-state index in [4.69, 9.17) is 14.2 Å². The van der Waals surface area contributed by atoms with Gasteiger partial charge in [0, 0.05) is 17.7 Å². The Hall–Kier alpha value is -2.57. The van der Waals surface area contributed by atoms with Gasteiger partial charge in [-0.3, -0.25) is 14.4 Å². The first-order valence-corrected chi connectivity index (χ1v) is 8.38. The number of amides is 1. The van der Waals surface area contributed by atoms with Crippen LogP contribution in [0.15, 0.2) is 24.3 Å². The minimum absolute atomic E-state index is 0.0251. The van der Waals surface area contributed by atoms with Gasteiger partial charge in [0.15, 0.2) is 6.61 Å². The molecule has 2 saturated carbocycles. The van der Waals surface area contributed by atoms with Crippen LogP contribution in [0.4, 0.5) is 5.69 Å². The van der Waals surface area contributed by atoms with Crippen LogP contribution < -0.4 is 10.1 Å². The Morgan fingerprint density at radius 1 is 1.32 bits per heavy atom. The summed E-state index contributed by atoms with van der Waals surface area (Å²) in [4.78, 5) is 36.3. The van der Waals surface area contributed by atoms with E-state index in [2.05, 4.69) is 5.32 Å². The number of hydrogen-bond acceptors (Lipinski definition) is 6. The highest BCUT2D eigenvalue weighted by molar-refractivity contribution is 5.93. The van der Waals surface area contributed by atoms with Crippen molar-refractivity contribution in [2.75, 3.05) is 19.0 Å². The topological polar surface area (TPSA) is 90.9 Å². The lowest BCUT2D eigenvalue weighted by atomic mass is 9.80. The van der Waals surface area contributed by atoms with E-state index in [0.29, 0.717) is 11.4 Å². The average Bonchev–Trinajstić information content (AvgIpc) is 3.22. The van der Waals surface area contributed by atoms with Gasteiger partial charge in [0.1, 0.15) is 11.9 Å². The molecule has 1 amide bonds. The van der Waals surface area contributed by atoms with E-state index in [1.807, 2.05) is 0 Å². The second kappa shape index (κ2) is 6.06. The summed E-state index contributed by atoms with van der Waals surface area (Å²) >= 11 is 0. The summed E-state index contributed by atoms with van der Waals surface area (Å²) in [5, 5.41) is 2.65. The molecule has 4 rings (SSSR count). The van der Waals surface area contributed by atoms with Gasteiger partial charge >= 0.3 is 11.9 Å². The number of nitrogens with one attached hydrogen (secondary N) is 1. The van der Waals surface area contributed by atoms with Crippen LogP contribution in [0.3, 0.4) is 0 Å². The molecule has 0 spiro atoms. The first-order chi connectivity index (χ1) is 12.1. The normalized spacial score (nSPS) is 31.6. The van der Waals surface area contributed by atoms with E-state index >= 15 is 0 Å². The number of carbonyl (C=O) groups is 3. The molecule has 1 aromatic rings. The van der Waals surface area contributed by atoms with Gasteiger partial charge in [-0.25, -0.2) is 0 Å². The van der Waals surface area contributed by atoms with Crippen LogP contribution in [0.25, 0.3) is 0 Å². The molecule has 0 radical (unpaired) electrons. The highest BCUT2D eigenvalue weighted by Gasteiger charge is 2.64. The maximum atomic E-state index is 12.4. The third-order valence-electron chi connectivity index (χ3n) is 5.45. The fourth-order valence-electron chi connectivity index (χ4n) is 4.46. The van der Waals surface area contributed by atoms with Crippen molar-refractivity contribution < 1.29 is 28.6 Å². The second-order valence-electron chi connectivity index (χ2n) is 6.81. The Morgan fingerprint density at radius 2 is 2.16 bits per heavy atom. The summed E-state index contributed by atoms with van der Waals surface area (Å²) in [6, 6.07) is 6.90. The van der Waals surface area contributed by atoms with E-state index in [9.17, 15) is 14.4 Å². The molecule has 7 heteroatoms. The number of carbonyl (C=O) groups excluding carboxylic acids is 3. The van der Waals surface area contributed by atoms with Gasteiger partial charge in [-0.05, 0) is 30.9 Å². The summed E-state index contributed by atoms with van der Waals surface area (Å²) in [6.45, 7) is -0.380. The summed E-state index contributed by atoms with van der Waals surface area (Å²) in [5.74, 6) is -1.18. The molecule has 1 N–H and O–H groups in total. The minimum atomic E-state index is -0.476. The Labute approximate surface area is 144 Å². The Morgan fingerprint density at radius 3 is 2.96 bits per heavy atom. The van der Waals surface area contributed by atoms with Crippen molar-refractivity contribution in [3.05, 3.63) is 24.3 Å². The van der Waals surface area contributed by atoms with Gasteiger partial charge in [-0.1, -0.05) is 6.07 Å². The monoisotopic (exact) mass is 345 g/mol. The lowest BCUT2D eigenvalue weighted by Gasteiger charge is -2.22. The number of esters is 2. The van der Waals surface area contributed by atoms with Crippen LogP contribution in [-0.4, -0.2) is 37.7 Å². The van der Waals surface area contributed by atoms with Crippen molar-refractivity contribution in [3.63, 3.8) is 0 Å². The maximum absolute atomic E-state index is 12.4. The van der Waals surface area contributed by atoms with E-state index < -0.39 is 23.7 Å². The van der Waals surface area contributed by atoms with Crippen LogP contribution >= 0.6 is 0 Å². The molecule has 0 unspecified atom stereocenters. The van der Waals surface area contributed by atoms with Crippen molar-refractivity contribution >= 4 is 23.5 Å². The van der Waals surface area contributed by atoms with Crippen LogP contribution in [-0.2, 0) is 23.9 Å². The van der Waals surface area contributed by atoms with E-state index in [-0.39, 0.29) is 30.5 Å². The lowest BCUT2D eigenvalue weighted by Crippen LogP contribution is -2.34. The maximum Gasteiger partial charge on any atom is 0.310 e. The number of anilines is 1. The van der Waals surface area contributed by atoms with Gasteiger partial charge in [-0.2, -0.15) is 0 Å². The molecule has 132 valence electrons. The fourth-order valence-corrected chi connectivity index (χ4v) is 4.46. The number of ether oxygens (including phenoxy) is 3. The predicted octanol–water partition coefficient (Wildman–Crippen LogP) is 1.37. The first-order valence-electron chi connectivity index (χ1n) is 8.38. The summed E-state index contributed by atoms with van der Waals surface area (Å²) in [7, 11) is 1.54. The molecule has 2 aliphatic carbocycles. The zero-order valence-electron chi connectivity index (χ0n) is 13.8. The molecule has 3 aliphatic rings. The predicted molar refractivity (Wildman–Crippen MR) is 85.7 cm³/mol. The number of fused-ring (bicyclic) bond motifs is 1. The third-order valence-corrected chi connectivity index (χ3v) is 5.45. The SMILES string of the molecule is COc1cccc(NC(=O)COC(=O)[C@@H]2[C@@H]3C[C@H]4[C@@H]2C(=O)O[C@@H]4C3)c1. The number of methoxy groups -OCH3 is 1. The molecule has 0 aromatic heterocycles. The standard InChI is InChI=1S/C18H19NO6/c1-23-11-4-2-3-10(7-11)19-14(20)8-24-17(21)15-9-5-12-13(6-9)25-18(22)16(12)15/h2-4,7,9,12-13,15-16H,5-6,8H2,1H3,(H,19,20)/t9-,12-,13-,15-,16+/m1/s1. The molecule has 5 atom stereocenters. The Bertz CT molecular complexity index is 730. The molecule has 7 nitrogen and oxygen atoms in total. The molecule has 1 saturated heterocycles. The molecule has 1 aliphatic heterocycles. The van der Waals surface area contributed by atoms with Gasteiger partial charge < -0.3 is 19.5 Å². The molecule has 25 heavy (non-hydrogen) atoms. The summed E-state index contributed by atoms with van der Waals surface area (Å²) in [5.41, 5.74) is 0.558. The van der Waals surface area contributed by atoms with Crippen LogP contribution in [0.2, 0.25) is 0 Å². The van der Waals surface area contributed by atoms with Crippen molar-refractivity contribution in [2.45, 2.75) is 18.9 Å². The highest BCUT2D eigenvalue weighted by atomic mass is 16.6. The van der Waals surface area contributed by atoms with E-state index in [1.165, 1.54) is 7.11 Å². The van der Waals surface area contributed by atoms with Crippen molar-refractivity contribution in [1.82, 2.24) is 0 Å². The Kier molecular flexibility index (Phi) is 3.86. The van der Waals surface area contributed by atoms with Crippen molar-refractivity contribution in [2.24, 2.45) is 23.7 Å². The largest absolute Gasteiger partial charge is 0.497 e. The van der Waals surface area contributed by atoms with Gasteiger partial charge in [-0.15, -0.1) is 0 Å². The number of hydrogen-bond donors (Lipinski definition) is 1. The smallest absolute Gasteiger partial charge is 0.310 e. The molecule has 1 aromatic carbocycles. The zero-order valence-corrected chi connectivity index (χ0v) is 13.8. The van der Waals surface area contributed by atoms with Crippen LogP contribution in [0.1, 0.15) is 12.8 Å². The number of rotatable bonds is 5. The Balaban J connectivity index is 1.33. The second-order valence-corrected chi connectivity index (χ2v) is 6.81.